The fourth-order valence-corrected chi connectivity index (χ4v) is 2.19. The summed E-state index contributed by atoms with van der Waals surface area (Å²) < 4.78 is 12.2. The maximum Gasteiger partial charge on any atom is 0.418 e. The van der Waals surface area contributed by atoms with E-state index in [1.54, 1.807) is 36.7 Å². The van der Waals surface area contributed by atoms with E-state index in [1.165, 1.54) is 4.57 Å². The Bertz CT molecular complexity index is 884. The summed E-state index contributed by atoms with van der Waals surface area (Å²) in [6.07, 6.45) is 3.46. The van der Waals surface area contributed by atoms with Crippen LogP contribution in [-0.2, 0) is 4.74 Å². The van der Waals surface area contributed by atoms with Crippen LogP contribution in [-0.4, -0.2) is 27.5 Å². The normalized spacial score (nSPS) is 11.6. The number of carbonyl (C=O) groups is 2. The fraction of sp³-hybridized carbons (Fsp3) is 0.235. The molecule has 3 heterocycles. The van der Waals surface area contributed by atoms with Crippen LogP contribution < -0.4 is 0 Å². The van der Waals surface area contributed by atoms with Crippen LogP contribution in [0, 0.1) is 0 Å². The Morgan fingerprint density at radius 3 is 2.74 bits per heavy atom. The molecule has 0 spiro atoms. The van der Waals surface area contributed by atoms with Gasteiger partial charge >= 0.3 is 6.09 Å². The number of furan rings is 1. The smallest absolute Gasteiger partial charge is 0.418 e. The summed E-state index contributed by atoms with van der Waals surface area (Å²) in [4.78, 5) is 27.3. The zero-order valence-electron chi connectivity index (χ0n) is 13.1. The quantitative estimate of drug-likeness (QED) is 0.671. The number of nitrogens with zero attached hydrogens (tertiary/aromatic N) is 2. The number of aromatic nitrogens is 2. The third-order valence-electron chi connectivity index (χ3n) is 3.16. The van der Waals surface area contributed by atoms with Gasteiger partial charge in [-0.05, 0) is 45.0 Å². The highest BCUT2D eigenvalue weighted by molar-refractivity contribution is 5.90. The number of fused-ring (bicyclic) bond motifs is 1. The largest absolute Gasteiger partial charge is 0.452 e. The lowest BCUT2D eigenvalue weighted by molar-refractivity contribution is 0.0544. The molecule has 0 amide bonds. The Morgan fingerprint density at radius 1 is 1.30 bits per heavy atom. The van der Waals surface area contributed by atoms with Crippen LogP contribution in [0.15, 0.2) is 41.1 Å². The van der Waals surface area contributed by atoms with Crippen LogP contribution in [0.25, 0.3) is 22.4 Å². The lowest BCUT2D eigenvalue weighted by Gasteiger charge is -2.19. The molecule has 23 heavy (non-hydrogen) atoms. The molecular formula is C17H16N2O4. The van der Waals surface area contributed by atoms with Crippen molar-refractivity contribution in [2.24, 2.45) is 0 Å². The first-order chi connectivity index (χ1) is 10.9. The van der Waals surface area contributed by atoms with Crippen molar-refractivity contribution in [1.82, 2.24) is 9.55 Å². The zero-order chi connectivity index (χ0) is 16.6. The molecule has 3 rings (SSSR count). The summed E-state index contributed by atoms with van der Waals surface area (Å²) in [7, 11) is 0. The summed E-state index contributed by atoms with van der Waals surface area (Å²) in [6.45, 7) is 5.44. The highest BCUT2D eigenvalue weighted by Crippen LogP contribution is 2.25. The molecule has 118 valence electrons. The summed E-state index contributed by atoms with van der Waals surface area (Å²) in [6, 6.07) is 6.75. The predicted octanol–water partition coefficient (Wildman–Crippen LogP) is 3.89. The summed E-state index contributed by atoms with van der Waals surface area (Å²) in [5.41, 5.74) is 0.617. The second kappa shape index (κ2) is 5.39. The van der Waals surface area contributed by atoms with E-state index in [1.807, 2.05) is 20.8 Å². The van der Waals surface area contributed by atoms with Crippen LogP contribution in [0.3, 0.4) is 0 Å². The molecule has 0 fully saturated rings. The van der Waals surface area contributed by atoms with Crippen molar-refractivity contribution in [3.8, 4) is 11.5 Å². The maximum atomic E-state index is 12.3. The Hall–Kier alpha value is -2.89. The maximum absolute atomic E-state index is 12.3. The molecule has 0 aliphatic heterocycles. The molecule has 0 N–H and O–H groups in total. The van der Waals surface area contributed by atoms with E-state index in [0.29, 0.717) is 23.3 Å². The number of carbonyl (C=O) groups excluding carboxylic acids is 2. The average Bonchev–Trinajstić information content (AvgIpc) is 3.11. The van der Waals surface area contributed by atoms with E-state index in [0.717, 1.165) is 5.39 Å². The number of aldehydes is 1. The molecule has 0 unspecified atom stereocenters. The van der Waals surface area contributed by atoms with Gasteiger partial charge in [0, 0.05) is 17.8 Å². The standard InChI is InChI=1S/C17H16N2O4/c1-17(2,3)23-16(21)19-7-6-11-9-18-13(8-14(11)19)15-5-4-12(10-20)22-15/h4-10H,1-3H3. The molecule has 6 nitrogen and oxygen atoms in total. The van der Waals surface area contributed by atoms with Gasteiger partial charge in [-0.3, -0.25) is 14.3 Å². The number of hydrogen-bond donors (Lipinski definition) is 0. The predicted molar refractivity (Wildman–Crippen MR) is 84.5 cm³/mol. The third kappa shape index (κ3) is 3.01. The van der Waals surface area contributed by atoms with E-state index in [4.69, 9.17) is 9.15 Å². The number of ether oxygens (including phenoxy) is 1. The van der Waals surface area contributed by atoms with Gasteiger partial charge in [-0.15, -0.1) is 0 Å². The molecule has 0 saturated carbocycles. The van der Waals surface area contributed by atoms with Crippen molar-refractivity contribution < 1.29 is 18.7 Å². The molecule has 0 saturated heterocycles. The SMILES string of the molecule is CC(C)(C)OC(=O)n1ccc2cnc(-c3ccc(C=O)o3)cc21. The van der Waals surface area contributed by atoms with Gasteiger partial charge in [0.05, 0.1) is 5.52 Å². The fourth-order valence-electron chi connectivity index (χ4n) is 2.19. The summed E-state index contributed by atoms with van der Waals surface area (Å²) in [5, 5.41) is 0.807. The molecule has 0 radical (unpaired) electrons. The van der Waals surface area contributed by atoms with E-state index in [2.05, 4.69) is 4.98 Å². The van der Waals surface area contributed by atoms with Crippen LogP contribution in [0.1, 0.15) is 31.3 Å². The van der Waals surface area contributed by atoms with Gasteiger partial charge in [-0.1, -0.05) is 0 Å². The van der Waals surface area contributed by atoms with Crippen LogP contribution in [0.4, 0.5) is 4.79 Å². The summed E-state index contributed by atoms with van der Waals surface area (Å²) >= 11 is 0. The molecule has 3 aromatic heterocycles. The summed E-state index contributed by atoms with van der Waals surface area (Å²) in [5.74, 6) is 0.690. The Morgan fingerprint density at radius 2 is 2.09 bits per heavy atom. The van der Waals surface area contributed by atoms with Gasteiger partial charge in [0.2, 0.25) is 0 Å². The van der Waals surface area contributed by atoms with Crippen molar-refractivity contribution in [3.63, 3.8) is 0 Å². The first-order valence-corrected chi connectivity index (χ1v) is 7.13. The molecular weight excluding hydrogens is 296 g/mol. The lowest BCUT2D eigenvalue weighted by Crippen LogP contribution is -2.26. The van der Waals surface area contributed by atoms with E-state index in [9.17, 15) is 9.59 Å². The molecule has 6 heteroatoms. The highest BCUT2D eigenvalue weighted by atomic mass is 16.6. The average molecular weight is 312 g/mol. The van der Waals surface area contributed by atoms with E-state index >= 15 is 0 Å². The van der Waals surface area contributed by atoms with Crippen LogP contribution >= 0.6 is 0 Å². The lowest BCUT2D eigenvalue weighted by atomic mass is 10.2. The number of hydrogen-bond acceptors (Lipinski definition) is 5. The van der Waals surface area contributed by atoms with Gasteiger partial charge < -0.3 is 9.15 Å². The first-order valence-electron chi connectivity index (χ1n) is 7.13. The molecule has 0 bridgehead atoms. The van der Waals surface area contributed by atoms with E-state index in [-0.39, 0.29) is 5.76 Å². The van der Waals surface area contributed by atoms with Crippen LogP contribution in [0.2, 0.25) is 0 Å². The number of pyridine rings is 1. The van der Waals surface area contributed by atoms with Gasteiger partial charge in [0.1, 0.15) is 11.3 Å². The molecule has 0 aromatic carbocycles. The Kier molecular flexibility index (Phi) is 3.52. The Balaban J connectivity index is 2.03. The van der Waals surface area contributed by atoms with Gasteiger partial charge in [0.15, 0.2) is 17.8 Å². The van der Waals surface area contributed by atoms with Crippen molar-refractivity contribution in [2.75, 3.05) is 0 Å². The molecule has 0 atom stereocenters. The minimum absolute atomic E-state index is 0.226. The van der Waals surface area contributed by atoms with Gasteiger partial charge in [0.25, 0.3) is 0 Å². The molecule has 0 aliphatic carbocycles. The van der Waals surface area contributed by atoms with Crippen molar-refractivity contribution >= 4 is 23.3 Å². The van der Waals surface area contributed by atoms with E-state index < -0.39 is 11.7 Å². The van der Waals surface area contributed by atoms with Gasteiger partial charge in [-0.25, -0.2) is 4.79 Å². The minimum Gasteiger partial charge on any atom is -0.452 e. The van der Waals surface area contributed by atoms with Gasteiger partial charge in [-0.2, -0.15) is 0 Å². The van der Waals surface area contributed by atoms with Crippen molar-refractivity contribution in [2.45, 2.75) is 26.4 Å². The third-order valence-corrected chi connectivity index (χ3v) is 3.16. The minimum atomic E-state index is -0.580. The second-order valence-corrected chi connectivity index (χ2v) is 6.11. The second-order valence-electron chi connectivity index (χ2n) is 6.11. The van der Waals surface area contributed by atoms with Crippen LogP contribution in [0.5, 0.6) is 0 Å². The van der Waals surface area contributed by atoms with Crippen molar-refractivity contribution in [1.29, 1.82) is 0 Å². The molecule has 3 aromatic rings. The molecule has 0 aliphatic rings. The van der Waals surface area contributed by atoms with Crippen molar-refractivity contribution in [3.05, 3.63) is 42.4 Å². The monoisotopic (exact) mass is 312 g/mol. The highest BCUT2D eigenvalue weighted by Gasteiger charge is 2.19. The number of rotatable bonds is 2. The topological polar surface area (TPSA) is 74.3 Å². The first kappa shape index (κ1) is 15.0. The Labute approximate surface area is 132 Å². The zero-order valence-corrected chi connectivity index (χ0v) is 13.1.